The normalized spacial score (nSPS) is 11.0. The second-order valence-electron chi connectivity index (χ2n) is 6.88. The maximum Gasteiger partial charge on any atom is 0.321 e. The highest BCUT2D eigenvalue weighted by Crippen LogP contribution is 2.25. The van der Waals surface area contributed by atoms with Crippen molar-refractivity contribution in [2.24, 2.45) is 11.8 Å². The summed E-state index contributed by atoms with van der Waals surface area (Å²) in [6.45, 7) is 11.1. The van der Waals surface area contributed by atoms with E-state index < -0.39 is 0 Å². The Bertz CT molecular complexity index is 646. The number of carbonyl (C=O) groups is 1. The second-order valence-corrected chi connectivity index (χ2v) is 7.83. The fourth-order valence-electron chi connectivity index (χ4n) is 2.43. The van der Waals surface area contributed by atoms with Gasteiger partial charge in [0.05, 0.1) is 0 Å². The van der Waals surface area contributed by atoms with E-state index in [1.165, 1.54) is 11.3 Å². The summed E-state index contributed by atoms with van der Waals surface area (Å²) in [5.74, 6) is 1.07. The molecular formula is C18H27N5OS. The molecule has 0 fully saturated rings. The van der Waals surface area contributed by atoms with E-state index in [0.29, 0.717) is 23.5 Å². The summed E-state index contributed by atoms with van der Waals surface area (Å²) in [7, 11) is 0. The number of nitrogens with one attached hydrogen (secondary N) is 2. The molecule has 2 amide bonds. The first-order chi connectivity index (χ1) is 11.9. The maximum atomic E-state index is 12.0. The van der Waals surface area contributed by atoms with Crippen LogP contribution in [0.5, 0.6) is 0 Å². The molecule has 0 saturated heterocycles. The zero-order valence-corrected chi connectivity index (χ0v) is 16.1. The fraction of sp³-hybridized carbons (Fsp3) is 0.500. The predicted octanol–water partition coefficient (Wildman–Crippen LogP) is 3.98. The number of amides is 2. The number of aromatic nitrogens is 2. The van der Waals surface area contributed by atoms with Gasteiger partial charge in [0.1, 0.15) is 0 Å². The lowest BCUT2D eigenvalue weighted by Gasteiger charge is -2.25. The average molecular weight is 362 g/mol. The number of carbonyl (C=O) groups excluding carboxylic acids is 1. The third-order valence-corrected chi connectivity index (χ3v) is 4.27. The van der Waals surface area contributed by atoms with Crippen molar-refractivity contribution in [3.05, 3.63) is 35.9 Å². The van der Waals surface area contributed by atoms with Crippen LogP contribution in [0.15, 0.2) is 30.3 Å². The third-order valence-electron chi connectivity index (χ3n) is 3.37. The lowest BCUT2D eigenvalue weighted by Crippen LogP contribution is -2.31. The molecule has 1 heterocycles. The van der Waals surface area contributed by atoms with E-state index in [0.717, 1.165) is 23.8 Å². The van der Waals surface area contributed by atoms with E-state index in [1.807, 2.05) is 30.3 Å². The summed E-state index contributed by atoms with van der Waals surface area (Å²) in [6.07, 6.45) is 0. The summed E-state index contributed by atoms with van der Waals surface area (Å²) in [6, 6.07) is 9.52. The van der Waals surface area contributed by atoms with Crippen LogP contribution in [0, 0.1) is 11.8 Å². The number of urea groups is 1. The molecule has 0 aliphatic carbocycles. The maximum absolute atomic E-state index is 12.0. The van der Waals surface area contributed by atoms with Crippen molar-refractivity contribution in [3.63, 3.8) is 0 Å². The molecule has 2 N–H and O–H groups in total. The largest absolute Gasteiger partial charge is 0.346 e. The Kier molecular flexibility index (Phi) is 7.18. The van der Waals surface area contributed by atoms with Gasteiger partial charge in [-0.1, -0.05) is 69.4 Å². The van der Waals surface area contributed by atoms with E-state index in [-0.39, 0.29) is 6.03 Å². The lowest BCUT2D eigenvalue weighted by molar-refractivity contribution is 0.251. The standard InChI is InChI=1S/C18H27N5OS/c1-13(2)11-23(12-14(3)4)18-22-21-17(25-18)20-16(24)19-10-15-8-6-5-7-9-15/h5-9,13-14H,10-12H2,1-4H3,(H2,19,20,21,24). The molecule has 1 aromatic carbocycles. The molecule has 136 valence electrons. The summed E-state index contributed by atoms with van der Waals surface area (Å²) < 4.78 is 0. The molecule has 0 radical (unpaired) electrons. The third kappa shape index (κ3) is 6.70. The number of hydrogen-bond donors (Lipinski definition) is 2. The van der Waals surface area contributed by atoms with E-state index in [9.17, 15) is 4.79 Å². The molecule has 6 nitrogen and oxygen atoms in total. The van der Waals surface area contributed by atoms with Crippen molar-refractivity contribution in [2.75, 3.05) is 23.3 Å². The Morgan fingerprint density at radius 3 is 2.32 bits per heavy atom. The van der Waals surface area contributed by atoms with Gasteiger partial charge in [-0.2, -0.15) is 0 Å². The highest BCUT2D eigenvalue weighted by molar-refractivity contribution is 7.19. The van der Waals surface area contributed by atoms with Crippen molar-refractivity contribution in [3.8, 4) is 0 Å². The zero-order valence-electron chi connectivity index (χ0n) is 15.3. The highest BCUT2D eigenvalue weighted by atomic mass is 32.1. The molecule has 0 bridgehead atoms. The van der Waals surface area contributed by atoms with Crippen LogP contribution in [0.3, 0.4) is 0 Å². The van der Waals surface area contributed by atoms with Crippen LogP contribution in [0.4, 0.5) is 15.1 Å². The quantitative estimate of drug-likeness (QED) is 0.746. The molecule has 0 spiro atoms. The molecule has 0 aliphatic rings. The van der Waals surface area contributed by atoms with E-state index >= 15 is 0 Å². The SMILES string of the molecule is CC(C)CN(CC(C)C)c1nnc(NC(=O)NCc2ccccc2)s1. The number of rotatable bonds is 8. The number of anilines is 2. The Labute approximate surface area is 153 Å². The number of benzene rings is 1. The van der Waals surface area contributed by atoms with Crippen LogP contribution in [-0.2, 0) is 6.54 Å². The van der Waals surface area contributed by atoms with Gasteiger partial charge in [0.2, 0.25) is 10.3 Å². The molecule has 0 atom stereocenters. The van der Waals surface area contributed by atoms with Crippen LogP contribution in [0.1, 0.15) is 33.3 Å². The minimum Gasteiger partial charge on any atom is -0.346 e. The molecular weight excluding hydrogens is 334 g/mol. The summed E-state index contributed by atoms with van der Waals surface area (Å²) in [5.41, 5.74) is 1.05. The smallest absolute Gasteiger partial charge is 0.321 e. The Morgan fingerprint density at radius 2 is 1.72 bits per heavy atom. The Hall–Kier alpha value is -2.15. The van der Waals surface area contributed by atoms with Crippen molar-refractivity contribution in [2.45, 2.75) is 34.2 Å². The molecule has 25 heavy (non-hydrogen) atoms. The van der Waals surface area contributed by atoms with Crippen LogP contribution in [0.25, 0.3) is 0 Å². The fourth-order valence-corrected chi connectivity index (χ4v) is 3.18. The van der Waals surface area contributed by atoms with Crippen molar-refractivity contribution < 1.29 is 4.79 Å². The van der Waals surface area contributed by atoms with E-state index in [2.05, 4.69) is 53.4 Å². The van der Waals surface area contributed by atoms with Gasteiger partial charge in [-0.3, -0.25) is 5.32 Å². The topological polar surface area (TPSA) is 70.2 Å². The first-order valence-electron chi connectivity index (χ1n) is 8.61. The van der Waals surface area contributed by atoms with Gasteiger partial charge < -0.3 is 10.2 Å². The Morgan fingerprint density at radius 1 is 1.08 bits per heavy atom. The van der Waals surface area contributed by atoms with E-state index in [4.69, 9.17) is 0 Å². The van der Waals surface area contributed by atoms with Gasteiger partial charge in [0, 0.05) is 19.6 Å². The highest BCUT2D eigenvalue weighted by Gasteiger charge is 2.16. The monoisotopic (exact) mass is 361 g/mol. The zero-order chi connectivity index (χ0) is 18.2. The first kappa shape index (κ1) is 19.2. The number of nitrogens with zero attached hydrogens (tertiary/aromatic N) is 3. The Balaban J connectivity index is 1.91. The minimum absolute atomic E-state index is 0.272. The van der Waals surface area contributed by atoms with Gasteiger partial charge >= 0.3 is 6.03 Å². The molecule has 0 unspecified atom stereocenters. The molecule has 7 heteroatoms. The van der Waals surface area contributed by atoms with Gasteiger partial charge in [0.15, 0.2) is 0 Å². The van der Waals surface area contributed by atoms with Crippen LogP contribution < -0.4 is 15.5 Å². The van der Waals surface area contributed by atoms with Crippen LogP contribution in [0.2, 0.25) is 0 Å². The van der Waals surface area contributed by atoms with Crippen molar-refractivity contribution in [1.82, 2.24) is 15.5 Å². The van der Waals surface area contributed by atoms with Crippen LogP contribution in [-0.4, -0.2) is 29.3 Å². The minimum atomic E-state index is -0.272. The lowest BCUT2D eigenvalue weighted by atomic mass is 10.1. The molecule has 2 rings (SSSR count). The summed E-state index contributed by atoms with van der Waals surface area (Å²) >= 11 is 1.41. The molecule has 2 aromatic rings. The summed E-state index contributed by atoms with van der Waals surface area (Å²) in [5, 5.41) is 15.3. The average Bonchev–Trinajstić information content (AvgIpc) is 3.01. The van der Waals surface area contributed by atoms with Gasteiger partial charge in [-0.05, 0) is 17.4 Å². The van der Waals surface area contributed by atoms with Gasteiger partial charge in [-0.25, -0.2) is 4.79 Å². The van der Waals surface area contributed by atoms with Gasteiger partial charge in [-0.15, -0.1) is 10.2 Å². The van der Waals surface area contributed by atoms with Crippen molar-refractivity contribution >= 4 is 27.6 Å². The molecule has 0 aliphatic heterocycles. The molecule has 0 saturated carbocycles. The molecule has 1 aromatic heterocycles. The second kappa shape index (κ2) is 9.36. The predicted molar refractivity (Wildman–Crippen MR) is 104 cm³/mol. The number of hydrogen-bond acceptors (Lipinski definition) is 5. The first-order valence-corrected chi connectivity index (χ1v) is 9.43. The van der Waals surface area contributed by atoms with Gasteiger partial charge in [0.25, 0.3) is 0 Å². The van der Waals surface area contributed by atoms with E-state index in [1.54, 1.807) is 0 Å². The van der Waals surface area contributed by atoms with Crippen LogP contribution >= 0.6 is 11.3 Å². The van der Waals surface area contributed by atoms with Crippen molar-refractivity contribution in [1.29, 1.82) is 0 Å². The summed E-state index contributed by atoms with van der Waals surface area (Å²) in [4.78, 5) is 14.3.